The maximum absolute atomic E-state index is 11.5. The molecule has 0 heterocycles. The summed E-state index contributed by atoms with van der Waals surface area (Å²) in [7, 11) is 0. The molecule has 3 nitrogen and oxygen atoms in total. The van der Waals surface area contributed by atoms with Gasteiger partial charge in [0.15, 0.2) is 5.78 Å². The van der Waals surface area contributed by atoms with Crippen molar-refractivity contribution in [2.24, 2.45) is 5.92 Å². The molecule has 18 heavy (non-hydrogen) atoms. The molecule has 0 aromatic heterocycles. The average Bonchev–Trinajstić information content (AvgIpc) is 2.39. The summed E-state index contributed by atoms with van der Waals surface area (Å²) in [6.07, 6.45) is 7.84. The lowest BCUT2D eigenvalue weighted by Crippen LogP contribution is -2.52. The second kappa shape index (κ2) is 6.67. The number of ketones is 1. The molecular formula is C15H26O3. The zero-order valence-electron chi connectivity index (χ0n) is 11.7. The Balaban J connectivity index is 1.82. The Hall–Kier alpha value is -0.410. The molecule has 3 heteroatoms. The lowest BCUT2D eigenvalue weighted by atomic mass is 9.83. The second-order valence-corrected chi connectivity index (χ2v) is 5.63. The summed E-state index contributed by atoms with van der Waals surface area (Å²) < 4.78 is 11.8. The Morgan fingerprint density at radius 2 is 1.94 bits per heavy atom. The van der Waals surface area contributed by atoms with Gasteiger partial charge in [-0.25, -0.2) is 0 Å². The van der Waals surface area contributed by atoms with Crippen molar-refractivity contribution in [2.45, 2.75) is 77.1 Å². The summed E-state index contributed by atoms with van der Waals surface area (Å²) >= 11 is 0. The Bertz CT molecular complexity index is 277. The van der Waals surface area contributed by atoms with Crippen LogP contribution in [0.15, 0.2) is 0 Å². The molecule has 2 saturated carbocycles. The van der Waals surface area contributed by atoms with Crippen LogP contribution in [-0.2, 0) is 14.3 Å². The third-order valence-corrected chi connectivity index (χ3v) is 4.27. The van der Waals surface area contributed by atoms with Crippen molar-refractivity contribution in [3.05, 3.63) is 0 Å². The number of Topliss-reactive ketones (excluding diaryl/α,β-unsaturated/α-hetero) is 1. The molecule has 2 aliphatic carbocycles. The Kier molecular flexibility index (Phi) is 5.19. The first-order valence-electron chi connectivity index (χ1n) is 7.56. The van der Waals surface area contributed by atoms with E-state index >= 15 is 0 Å². The summed E-state index contributed by atoms with van der Waals surface area (Å²) in [5, 5.41) is 0. The van der Waals surface area contributed by atoms with E-state index in [0.717, 1.165) is 12.8 Å². The van der Waals surface area contributed by atoms with E-state index in [4.69, 9.17) is 9.47 Å². The molecule has 0 amide bonds. The maximum Gasteiger partial charge on any atom is 0.166 e. The highest BCUT2D eigenvalue weighted by Crippen LogP contribution is 2.33. The molecule has 0 aliphatic heterocycles. The molecule has 0 spiro atoms. The van der Waals surface area contributed by atoms with E-state index in [9.17, 15) is 4.79 Å². The van der Waals surface area contributed by atoms with E-state index in [2.05, 4.69) is 13.8 Å². The molecule has 104 valence electrons. The third kappa shape index (κ3) is 3.12. The lowest BCUT2D eigenvalue weighted by Gasteiger charge is -2.40. The van der Waals surface area contributed by atoms with Crippen molar-refractivity contribution in [3.8, 4) is 0 Å². The fourth-order valence-electron chi connectivity index (χ4n) is 3.08. The highest BCUT2D eigenvalue weighted by Gasteiger charge is 2.43. The molecule has 2 fully saturated rings. The molecule has 0 N–H and O–H groups in total. The molecule has 4 atom stereocenters. The summed E-state index contributed by atoms with van der Waals surface area (Å²) in [6.45, 7) is 4.97. The quantitative estimate of drug-likeness (QED) is 0.730. The van der Waals surface area contributed by atoms with Gasteiger partial charge in [0.25, 0.3) is 0 Å². The van der Waals surface area contributed by atoms with Crippen LogP contribution in [0.4, 0.5) is 0 Å². The second-order valence-electron chi connectivity index (χ2n) is 5.63. The minimum atomic E-state index is -0.274. The molecular weight excluding hydrogens is 228 g/mol. The van der Waals surface area contributed by atoms with Gasteiger partial charge < -0.3 is 9.47 Å². The van der Waals surface area contributed by atoms with Crippen LogP contribution < -0.4 is 0 Å². The van der Waals surface area contributed by atoms with Crippen LogP contribution in [0.25, 0.3) is 0 Å². The standard InChI is InChI=1S/C15H26O3/c1-3-9-17-15-12(16)10-14(15)18-13-8-6-5-7-11(13)4-2/h11,13-15H,3-10H2,1-2H3. The van der Waals surface area contributed by atoms with Crippen molar-refractivity contribution in [3.63, 3.8) is 0 Å². The Morgan fingerprint density at radius 3 is 2.61 bits per heavy atom. The molecule has 0 aromatic rings. The molecule has 0 bridgehead atoms. The molecule has 0 saturated heterocycles. The Morgan fingerprint density at radius 1 is 1.17 bits per heavy atom. The minimum absolute atomic E-state index is 0.0289. The van der Waals surface area contributed by atoms with Crippen LogP contribution >= 0.6 is 0 Å². The summed E-state index contributed by atoms with van der Waals surface area (Å²) in [6, 6.07) is 0. The zero-order chi connectivity index (χ0) is 13.0. The summed E-state index contributed by atoms with van der Waals surface area (Å²) in [5.41, 5.74) is 0. The van der Waals surface area contributed by atoms with E-state index in [1.165, 1.54) is 25.7 Å². The van der Waals surface area contributed by atoms with E-state index in [0.29, 0.717) is 25.0 Å². The van der Waals surface area contributed by atoms with Gasteiger partial charge in [0, 0.05) is 13.0 Å². The van der Waals surface area contributed by atoms with Gasteiger partial charge in [-0.1, -0.05) is 33.1 Å². The van der Waals surface area contributed by atoms with Crippen molar-refractivity contribution >= 4 is 5.78 Å². The molecule has 2 rings (SSSR count). The molecule has 4 unspecified atom stereocenters. The zero-order valence-corrected chi connectivity index (χ0v) is 11.7. The van der Waals surface area contributed by atoms with Gasteiger partial charge in [-0.2, -0.15) is 0 Å². The minimum Gasteiger partial charge on any atom is -0.371 e. The number of hydrogen-bond donors (Lipinski definition) is 0. The normalized spacial score (nSPS) is 36.4. The van der Waals surface area contributed by atoms with E-state index in [-0.39, 0.29) is 18.0 Å². The largest absolute Gasteiger partial charge is 0.371 e. The number of hydrogen-bond acceptors (Lipinski definition) is 3. The average molecular weight is 254 g/mol. The molecule has 2 aliphatic rings. The summed E-state index contributed by atoms with van der Waals surface area (Å²) in [4.78, 5) is 11.5. The van der Waals surface area contributed by atoms with Crippen LogP contribution in [0.5, 0.6) is 0 Å². The number of rotatable bonds is 6. The number of carbonyl (C=O) groups is 1. The molecule has 0 aromatic carbocycles. The van der Waals surface area contributed by atoms with Crippen LogP contribution in [0.1, 0.15) is 58.8 Å². The van der Waals surface area contributed by atoms with Crippen LogP contribution in [-0.4, -0.2) is 30.7 Å². The van der Waals surface area contributed by atoms with E-state index in [1.807, 2.05) is 0 Å². The van der Waals surface area contributed by atoms with Gasteiger partial charge in [-0.05, 0) is 25.2 Å². The SMILES string of the molecule is CCCOC1C(=O)CC1OC1CCCCC1CC. The van der Waals surface area contributed by atoms with Gasteiger partial charge in [-0.3, -0.25) is 4.79 Å². The van der Waals surface area contributed by atoms with Crippen molar-refractivity contribution < 1.29 is 14.3 Å². The summed E-state index contributed by atoms with van der Waals surface area (Å²) in [5.74, 6) is 0.901. The first-order chi connectivity index (χ1) is 8.76. The monoisotopic (exact) mass is 254 g/mol. The van der Waals surface area contributed by atoms with E-state index < -0.39 is 0 Å². The van der Waals surface area contributed by atoms with Gasteiger partial charge >= 0.3 is 0 Å². The highest BCUT2D eigenvalue weighted by molar-refractivity contribution is 5.90. The van der Waals surface area contributed by atoms with Crippen LogP contribution in [0.3, 0.4) is 0 Å². The first kappa shape index (κ1) is 14.0. The first-order valence-corrected chi connectivity index (χ1v) is 7.56. The third-order valence-electron chi connectivity index (χ3n) is 4.27. The number of carbonyl (C=O) groups excluding carboxylic acids is 1. The van der Waals surface area contributed by atoms with Gasteiger partial charge in [0.1, 0.15) is 6.10 Å². The van der Waals surface area contributed by atoms with Crippen LogP contribution in [0.2, 0.25) is 0 Å². The predicted molar refractivity (Wildman–Crippen MR) is 70.6 cm³/mol. The predicted octanol–water partition coefficient (Wildman–Crippen LogP) is 3.11. The van der Waals surface area contributed by atoms with Crippen molar-refractivity contribution in [2.75, 3.05) is 6.61 Å². The van der Waals surface area contributed by atoms with Gasteiger partial charge in [0.05, 0.1) is 12.2 Å². The van der Waals surface area contributed by atoms with Gasteiger partial charge in [0.2, 0.25) is 0 Å². The van der Waals surface area contributed by atoms with Crippen molar-refractivity contribution in [1.82, 2.24) is 0 Å². The topological polar surface area (TPSA) is 35.5 Å². The smallest absolute Gasteiger partial charge is 0.166 e. The van der Waals surface area contributed by atoms with Gasteiger partial charge in [-0.15, -0.1) is 0 Å². The highest BCUT2D eigenvalue weighted by atomic mass is 16.6. The van der Waals surface area contributed by atoms with Crippen LogP contribution in [0, 0.1) is 5.92 Å². The van der Waals surface area contributed by atoms with Crippen molar-refractivity contribution in [1.29, 1.82) is 0 Å². The fraction of sp³-hybridized carbons (Fsp3) is 0.933. The number of ether oxygens (including phenoxy) is 2. The molecule has 0 radical (unpaired) electrons. The lowest BCUT2D eigenvalue weighted by molar-refractivity contribution is -0.180. The van der Waals surface area contributed by atoms with E-state index in [1.54, 1.807) is 0 Å². The fourth-order valence-corrected chi connectivity index (χ4v) is 3.08. The Labute approximate surface area is 110 Å². The maximum atomic E-state index is 11.5.